The van der Waals surface area contributed by atoms with E-state index in [0.29, 0.717) is 12.1 Å². The summed E-state index contributed by atoms with van der Waals surface area (Å²) in [7, 11) is 0. The van der Waals surface area contributed by atoms with E-state index in [1.165, 1.54) is 6.42 Å². The van der Waals surface area contributed by atoms with Crippen LogP contribution < -0.4 is 4.90 Å². The van der Waals surface area contributed by atoms with Gasteiger partial charge in [0.05, 0.1) is 4.92 Å². The van der Waals surface area contributed by atoms with Gasteiger partial charge in [-0.15, -0.1) is 0 Å². The van der Waals surface area contributed by atoms with Crippen molar-refractivity contribution in [3.05, 3.63) is 34.4 Å². The third kappa shape index (κ3) is 2.16. The number of hydrogen-bond acceptors (Lipinski definition) is 4. The normalized spacial score (nSPS) is 26.2. The zero-order chi connectivity index (χ0) is 14.5. The third-order valence-corrected chi connectivity index (χ3v) is 4.49. The molecule has 2 bridgehead atoms. The van der Waals surface area contributed by atoms with E-state index in [1.807, 2.05) is 12.1 Å². The number of non-ortho nitro benzene ring substituents is 1. The van der Waals surface area contributed by atoms with Crippen molar-refractivity contribution in [1.29, 1.82) is 0 Å². The summed E-state index contributed by atoms with van der Waals surface area (Å²) < 4.78 is 0. The topological polar surface area (TPSA) is 49.6 Å². The fourth-order valence-electron chi connectivity index (χ4n) is 3.57. The largest absolute Gasteiger partial charge is 0.366 e. The molecule has 0 N–H and O–H groups in total. The molecule has 0 aromatic heterocycles. The molecule has 2 atom stereocenters. The maximum atomic E-state index is 10.7. The molecule has 0 spiro atoms. The summed E-state index contributed by atoms with van der Waals surface area (Å²) in [5.74, 6) is 0. The molecule has 2 aliphatic heterocycles. The van der Waals surface area contributed by atoms with E-state index in [9.17, 15) is 10.1 Å². The highest BCUT2D eigenvalue weighted by Crippen LogP contribution is 2.38. The summed E-state index contributed by atoms with van der Waals surface area (Å²) in [4.78, 5) is 15.3. The van der Waals surface area contributed by atoms with Gasteiger partial charge in [0.2, 0.25) is 0 Å². The van der Waals surface area contributed by atoms with Gasteiger partial charge in [0.25, 0.3) is 5.69 Å². The Kier molecular flexibility index (Phi) is 2.97. The Balaban J connectivity index is 1.75. The van der Waals surface area contributed by atoms with Crippen molar-refractivity contribution >= 4 is 11.4 Å². The zero-order valence-electron chi connectivity index (χ0n) is 12.2. The highest BCUT2D eigenvalue weighted by Gasteiger charge is 2.46. The van der Waals surface area contributed by atoms with Gasteiger partial charge in [0.1, 0.15) is 0 Å². The molecule has 0 radical (unpaired) electrons. The number of fused-ring (bicyclic) bond motifs is 2. The van der Waals surface area contributed by atoms with Gasteiger partial charge in [-0.1, -0.05) is 0 Å². The van der Waals surface area contributed by atoms with Gasteiger partial charge >= 0.3 is 0 Å². The molecule has 0 saturated carbocycles. The van der Waals surface area contributed by atoms with E-state index in [2.05, 4.69) is 30.6 Å². The first-order chi connectivity index (χ1) is 9.36. The average Bonchev–Trinajstić information content (AvgIpc) is 2.97. The first-order valence-corrected chi connectivity index (χ1v) is 7.14. The molecule has 2 heterocycles. The minimum absolute atomic E-state index is 0.162. The van der Waals surface area contributed by atoms with Crippen molar-refractivity contribution in [2.45, 2.75) is 44.8 Å². The average molecular weight is 275 g/mol. The van der Waals surface area contributed by atoms with Crippen LogP contribution in [0.4, 0.5) is 11.4 Å². The molecule has 2 unspecified atom stereocenters. The maximum absolute atomic E-state index is 10.7. The highest BCUT2D eigenvalue weighted by atomic mass is 16.6. The van der Waals surface area contributed by atoms with Crippen molar-refractivity contribution in [2.24, 2.45) is 0 Å². The molecule has 3 rings (SSSR count). The molecule has 20 heavy (non-hydrogen) atoms. The molecule has 108 valence electrons. The number of anilines is 1. The summed E-state index contributed by atoms with van der Waals surface area (Å²) in [6, 6.07) is 8.10. The predicted molar refractivity (Wildman–Crippen MR) is 79.1 cm³/mol. The third-order valence-electron chi connectivity index (χ3n) is 4.49. The lowest BCUT2D eigenvalue weighted by atomic mass is 10.0. The minimum atomic E-state index is -0.346. The van der Waals surface area contributed by atoms with Crippen LogP contribution in [0.5, 0.6) is 0 Å². The van der Waals surface area contributed by atoms with Crippen molar-refractivity contribution in [2.75, 3.05) is 18.0 Å². The molecule has 5 heteroatoms. The minimum Gasteiger partial charge on any atom is -0.366 e. The fraction of sp³-hybridized carbons (Fsp3) is 0.600. The first kappa shape index (κ1) is 13.4. The lowest BCUT2D eigenvalue weighted by molar-refractivity contribution is -0.384. The number of piperazine rings is 1. The second kappa shape index (κ2) is 4.45. The number of nitrogens with zero attached hydrogens (tertiary/aromatic N) is 3. The van der Waals surface area contributed by atoms with E-state index >= 15 is 0 Å². The van der Waals surface area contributed by atoms with Gasteiger partial charge in [0.15, 0.2) is 0 Å². The molecular formula is C15H21N3O2. The van der Waals surface area contributed by atoms with Crippen LogP contribution in [0.1, 0.15) is 27.2 Å². The summed E-state index contributed by atoms with van der Waals surface area (Å²) in [5, 5.41) is 10.7. The second-order valence-corrected chi connectivity index (χ2v) is 6.79. The van der Waals surface area contributed by atoms with Gasteiger partial charge in [-0.3, -0.25) is 15.0 Å². The van der Waals surface area contributed by atoms with E-state index < -0.39 is 0 Å². The van der Waals surface area contributed by atoms with Crippen LogP contribution in [0.3, 0.4) is 0 Å². The van der Waals surface area contributed by atoms with E-state index in [4.69, 9.17) is 0 Å². The maximum Gasteiger partial charge on any atom is 0.269 e. The Bertz CT molecular complexity index is 521. The first-order valence-electron chi connectivity index (χ1n) is 7.14. The van der Waals surface area contributed by atoms with Gasteiger partial charge in [0, 0.05) is 48.5 Å². The molecule has 0 amide bonds. The van der Waals surface area contributed by atoms with Crippen LogP contribution >= 0.6 is 0 Å². The Morgan fingerprint density at radius 1 is 1.15 bits per heavy atom. The fourth-order valence-corrected chi connectivity index (χ4v) is 3.57. The number of nitro benzene ring substituents is 1. The molecule has 2 saturated heterocycles. The number of nitro groups is 1. The highest BCUT2D eigenvalue weighted by molar-refractivity contribution is 5.53. The Morgan fingerprint density at radius 3 is 2.25 bits per heavy atom. The predicted octanol–water partition coefficient (Wildman–Crippen LogP) is 2.66. The summed E-state index contributed by atoms with van der Waals surface area (Å²) >= 11 is 0. The van der Waals surface area contributed by atoms with Crippen molar-refractivity contribution in [1.82, 2.24) is 4.90 Å². The van der Waals surface area contributed by atoms with Crippen LogP contribution in [0.25, 0.3) is 0 Å². The molecule has 2 fully saturated rings. The molecule has 1 aromatic rings. The Morgan fingerprint density at radius 2 is 1.80 bits per heavy atom. The second-order valence-electron chi connectivity index (χ2n) is 6.79. The van der Waals surface area contributed by atoms with Gasteiger partial charge in [-0.2, -0.15) is 0 Å². The summed E-state index contributed by atoms with van der Waals surface area (Å²) in [5.41, 5.74) is 1.49. The zero-order valence-corrected chi connectivity index (χ0v) is 12.2. The lowest BCUT2D eigenvalue weighted by Gasteiger charge is -2.42. The molecule has 0 aliphatic carbocycles. The monoisotopic (exact) mass is 275 g/mol. The smallest absolute Gasteiger partial charge is 0.269 e. The van der Waals surface area contributed by atoms with Crippen molar-refractivity contribution in [3.63, 3.8) is 0 Å². The van der Waals surface area contributed by atoms with Crippen LogP contribution in [-0.2, 0) is 0 Å². The number of benzene rings is 1. The lowest BCUT2D eigenvalue weighted by Crippen LogP contribution is -2.53. The SMILES string of the molecule is CC(C)(C)N1CC2CC1CN2c1ccc([N+](=O)[O-])cc1. The summed E-state index contributed by atoms with van der Waals surface area (Å²) in [6.07, 6.45) is 1.20. The van der Waals surface area contributed by atoms with E-state index in [1.54, 1.807) is 12.1 Å². The number of rotatable bonds is 2. The van der Waals surface area contributed by atoms with E-state index in [-0.39, 0.29) is 16.1 Å². The molecule has 1 aromatic carbocycles. The Labute approximate surface area is 119 Å². The quantitative estimate of drug-likeness (QED) is 0.615. The van der Waals surface area contributed by atoms with Crippen molar-refractivity contribution in [3.8, 4) is 0 Å². The van der Waals surface area contributed by atoms with Gasteiger partial charge in [-0.05, 0) is 39.3 Å². The summed E-state index contributed by atoms with van der Waals surface area (Å²) in [6.45, 7) is 8.92. The number of likely N-dealkylation sites (tertiary alicyclic amines) is 1. The molecular weight excluding hydrogens is 254 g/mol. The van der Waals surface area contributed by atoms with Crippen LogP contribution in [0, 0.1) is 10.1 Å². The van der Waals surface area contributed by atoms with Gasteiger partial charge in [-0.25, -0.2) is 0 Å². The molecule has 5 nitrogen and oxygen atoms in total. The van der Waals surface area contributed by atoms with Crippen LogP contribution in [0.15, 0.2) is 24.3 Å². The molecule has 2 aliphatic rings. The standard InChI is InChI=1S/C15H21N3O2/c1-15(2,3)17-10-13-8-14(17)9-16(13)11-4-6-12(7-5-11)18(19)20/h4-7,13-14H,8-10H2,1-3H3. The van der Waals surface area contributed by atoms with E-state index in [0.717, 1.165) is 18.8 Å². The van der Waals surface area contributed by atoms with Crippen LogP contribution in [0.2, 0.25) is 0 Å². The van der Waals surface area contributed by atoms with Crippen molar-refractivity contribution < 1.29 is 4.92 Å². The van der Waals surface area contributed by atoms with Gasteiger partial charge < -0.3 is 4.90 Å². The number of hydrogen-bond donors (Lipinski definition) is 0. The Hall–Kier alpha value is -1.62. The van der Waals surface area contributed by atoms with Crippen LogP contribution in [-0.4, -0.2) is 40.5 Å².